The Kier molecular flexibility index (Phi) is 28.5. The molecule has 0 aliphatic heterocycles. The Hall–Kier alpha value is -1.78. The van der Waals surface area contributed by atoms with E-state index in [4.69, 9.17) is 56.8 Å². The highest BCUT2D eigenvalue weighted by atomic mass is 16.6. The Morgan fingerprint density at radius 3 is 0.955 bits per heavy atom. The van der Waals surface area contributed by atoms with E-state index in [2.05, 4.69) is 0 Å². The molecule has 0 bridgehead atoms. The second kappa shape index (κ2) is 31.2. The summed E-state index contributed by atoms with van der Waals surface area (Å²) >= 11 is 0. The third kappa shape index (κ3) is 22.7. The molecule has 0 saturated heterocycles. The lowest BCUT2D eigenvalue weighted by Gasteiger charge is -2.18. The number of ether oxygens (including phenoxy) is 12. The molecule has 0 radical (unpaired) electrons. The minimum absolute atomic E-state index is 0.190. The lowest BCUT2D eigenvalue weighted by Crippen LogP contribution is -2.16. The largest absolute Gasteiger partial charge is 0.487 e. The molecule has 1 rings (SSSR count). The molecule has 0 fully saturated rings. The molecule has 0 amide bonds. The maximum atomic E-state index is 9.85. The topological polar surface area (TPSA) is 131 Å². The third-order valence-electron chi connectivity index (χ3n) is 5.55. The van der Waals surface area contributed by atoms with Crippen LogP contribution >= 0.6 is 0 Å². The number of hydrogen-bond donors (Lipinski definition) is 1. The van der Waals surface area contributed by atoms with Crippen LogP contribution < -0.4 is 14.2 Å². The standard InChI is InChI=1S/C31H56O13/c1-4-33-7-10-36-13-16-39-19-22-42-29-25-28(27-32)26-30(43-23-20-40-17-14-37-11-8-34-5-2)31(29)44-24-21-41-18-15-38-12-9-35-6-3/h25-26,32H,4-24,27H2,1-3H3. The van der Waals surface area contributed by atoms with Gasteiger partial charge in [0.05, 0.1) is 106 Å². The first-order chi connectivity index (χ1) is 21.8. The fourth-order valence-corrected chi connectivity index (χ4v) is 3.46. The smallest absolute Gasteiger partial charge is 0.203 e. The van der Waals surface area contributed by atoms with E-state index in [0.29, 0.717) is 142 Å². The Morgan fingerprint density at radius 2 is 0.659 bits per heavy atom. The van der Waals surface area contributed by atoms with Gasteiger partial charge in [0.25, 0.3) is 0 Å². The molecular formula is C31H56O13. The summed E-state index contributed by atoms with van der Waals surface area (Å²) in [6.07, 6.45) is 0. The van der Waals surface area contributed by atoms with Crippen LogP contribution in [0.15, 0.2) is 12.1 Å². The molecule has 1 aromatic rings. The summed E-state index contributed by atoms with van der Waals surface area (Å²) in [6.45, 7) is 15.5. The second-order valence-corrected chi connectivity index (χ2v) is 8.89. The van der Waals surface area contributed by atoms with Crippen molar-refractivity contribution in [3.05, 3.63) is 17.7 Å². The first kappa shape index (κ1) is 40.2. The van der Waals surface area contributed by atoms with Gasteiger partial charge < -0.3 is 61.9 Å². The fourth-order valence-electron chi connectivity index (χ4n) is 3.46. The predicted molar refractivity (Wildman–Crippen MR) is 163 cm³/mol. The van der Waals surface area contributed by atoms with Gasteiger partial charge in [0, 0.05) is 19.8 Å². The molecule has 13 heteroatoms. The number of rotatable bonds is 34. The van der Waals surface area contributed by atoms with Crippen LogP contribution in [0.2, 0.25) is 0 Å². The number of benzene rings is 1. The highest BCUT2D eigenvalue weighted by Gasteiger charge is 2.16. The van der Waals surface area contributed by atoms with Gasteiger partial charge in [-0.25, -0.2) is 0 Å². The lowest BCUT2D eigenvalue weighted by atomic mass is 10.2. The minimum Gasteiger partial charge on any atom is -0.487 e. The van der Waals surface area contributed by atoms with Crippen LogP contribution in [0, 0.1) is 0 Å². The Labute approximate surface area is 263 Å². The van der Waals surface area contributed by atoms with Crippen LogP contribution in [0.3, 0.4) is 0 Å². The molecule has 0 atom stereocenters. The predicted octanol–water partition coefficient (Wildman–Crippen LogP) is 2.52. The molecule has 0 saturated carbocycles. The van der Waals surface area contributed by atoms with Crippen molar-refractivity contribution in [1.29, 1.82) is 0 Å². The molecule has 44 heavy (non-hydrogen) atoms. The highest BCUT2D eigenvalue weighted by Crippen LogP contribution is 2.39. The quantitative estimate of drug-likeness (QED) is 0.111. The van der Waals surface area contributed by atoms with E-state index in [1.165, 1.54) is 0 Å². The summed E-state index contributed by atoms with van der Waals surface area (Å²) in [5, 5.41) is 9.85. The van der Waals surface area contributed by atoms with Crippen molar-refractivity contribution in [3.63, 3.8) is 0 Å². The van der Waals surface area contributed by atoms with E-state index in [0.717, 1.165) is 0 Å². The molecule has 13 nitrogen and oxygen atoms in total. The minimum atomic E-state index is -0.190. The van der Waals surface area contributed by atoms with Crippen LogP contribution in [-0.4, -0.2) is 144 Å². The maximum absolute atomic E-state index is 9.85. The molecule has 0 heterocycles. The molecule has 0 aromatic heterocycles. The Morgan fingerprint density at radius 1 is 0.386 bits per heavy atom. The molecule has 0 aliphatic carbocycles. The summed E-state index contributed by atoms with van der Waals surface area (Å²) in [4.78, 5) is 0. The first-order valence-corrected chi connectivity index (χ1v) is 15.6. The zero-order chi connectivity index (χ0) is 31.8. The average molecular weight is 637 g/mol. The van der Waals surface area contributed by atoms with Gasteiger partial charge in [-0.1, -0.05) is 0 Å². The van der Waals surface area contributed by atoms with Crippen molar-refractivity contribution in [2.45, 2.75) is 27.4 Å². The van der Waals surface area contributed by atoms with E-state index in [1.54, 1.807) is 12.1 Å². The Balaban J connectivity index is 2.57. The molecule has 1 N–H and O–H groups in total. The van der Waals surface area contributed by atoms with E-state index in [-0.39, 0.29) is 26.4 Å². The molecule has 258 valence electrons. The van der Waals surface area contributed by atoms with Gasteiger partial charge in [0.1, 0.15) is 19.8 Å². The third-order valence-corrected chi connectivity index (χ3v) is 5.55. The average Bonchev–Trinajstić information content (AvgIpc) is 3.04. The van der Waals surface area contributed by atoms with E-state index < -0.39 is 0 Å². The number of aliphatic hydroxyl groups is 1. The van der Waals surface area contributed by atoms with Crippen LogP contribution in [0.25, 0.3) is 0 Å². The second-order valence-electron chi connectivity index (χ2n) is 8.89. The number of aliphatic hydroxyl groups excluding tert-OH is 1. The number of hydrogen-bond acceptors (Lipinski definition) is 13. The van der Waals surface area contributed by atoms with Crippen molar-refractivity contribution in [2.24, 2.45) is 0 Å². The highest BCUT2D eigenvalue weighted by molar-refractivity contribution is 5.54. The Bertz CT molecular complexity index is 708. The van der Waals surface area contributed by atoms with Gasteiger partial charge in [-0.3, -0.25) is 0 Å². The van der Waals surface area contributed by atoms with Gasteiger partial charge in [-0.2, -0.15) is 0 Å². The zero-order valence-corrected chi connectivity index (χ0v) is 27.1. The van der Waals surface area contributed by atoms with Crippen molar-refractivity contribution >= 4 is 0 Å². The van der Waals surface area contributed by atoms with Crippen molar-refractivity contribution in [2.75, 3.05) is 139 Å². The van der Waals surface area contributed by atoms with Gasteiger partial charge in [-0.15, -0.1) is 0 Å². The van der Waals surface area contributed by atoms with Gasteiger partial charge in [0.2, 0.25) is 5.75 Å². The van der Waals surface area contributed by atoms with Crippen molar-refractivity contribution in [3.8, 4) is 17.2 Å². The molecule has 0 spiro atoms. The summed E-state index contributed by atoms with van der Waals surface area (Å²) < 4.78 is 67.0. The van der Waals surface area contributed by atoms with Gasteiger partial charge in [-0.05, 0) is 38.5 Å². The van der Waals surface area contributed by atoms with Crippen molar-refractivity contribution < 1.29 is 61.9 Å². The fraction of sp³-hybridized carbons (Fsp3) is 0.806. The van der Waals surface area contributed by atoms with Crippen LogP contribution in [0.4, 0.5) is 0 Å². The summed E-state index contributed by atoms with van der Waals surface area (Å²) in [6, 6.07) is 3.45. The van der Waals surface area contributed by atoms with E-state index >= 15 is 0 Å². The maximum Gasteiger partial charge on any atom is 0.203 e. The van der Waals surface area contributed by atoms with Crippen molar-refractivity contribution in [1.82, 2.24) is 0 Å². The molecule has 1 aromatic carbocycles. The summed E-state index contributed by atoms with van der Waals surface area (Å²) in [5.41, 5.74) is 0.620. The van der Waals surface area contributed by atoms with Crippen LogP contribution in [0.1, 0.15) is 26.3 Å². The molecule has 0 aliphatic rings. The molecular weight excluding hydrogens is 580 g/mol. The summed E-state index contributed by atoms with van der Waals surface area (Å²) in [5.74, 6) is 1.29. The monoisotopic (exact) mass is 636 g/mol. The van der Waals surface area contributed by atoms with Crippen LogP contribution in [-0.2, 0) is 49.2 Å². The lowest BCUT2D eigenvalue weighted by molar-refractivity contribution is 0.00862. The summed E-state index contributed by atoms with van der Waals surface area (Å²) in [7, 11) is 0. The van der Waals surface area contributed by atoms with E-state index in [1.807, 2.05) is 20.8 Å². The first-order valence-electron chi connectivity index (χ1n) is 15.6. The van der Waals surface area contributed by atoms with E-state index in [9.17, 15) is 5.11 Å². The van der Waals surface area contributed by atoms with Gasteiger partial charge >= 0.3 is 0 Å². The zero-order valence-electron chi connectivity index (χ0n) is 27.1. The van der Waals surface area contributed by atoms with Crippen LogP contribution in [0.5, 0.6) is 17.2 Å². The SMILES string of the molecule is CCOCCOCCOCCOc1cc(CO)cc(OCCOCCOCCOCC)c1OCCOCCOCCOCC. The van der Waals surface area contributed by atoms with Gasteiger partial charge in [0.15, 0.2) is 11.5 Å². The molecule has 0 unspecified atom stereocenters. The normalized spacial score (nSPS) is 11.3.